The van der Waals surface area contributed by atoms with E-state index in [2.05, 4.69) is 17.4 Å². The Morgan fingerprint density at radius 3 is 2.91 bits per heavy atom. The van der Waals surface area contributed by atoms with Crippen molar-refractivity contribution in [2.45, 2.75) is 38.3 Å². The molecule has 120 valence electrons. The van der Waals surface area contributed by atoms with Crippen molar-refractivity contribution in [3.8, 4) is 5.75 Å². The Morgan fingerprint density at radius 1 is 1.26 bits per heavy atom. The summed E-state index contributed by atoms with van der Waals surface area (Å²) in [5.41, 5.74) is 2.55. The van der Waals surface area contributed by atoms with Crippen LogP contribution in [0.4, 0.5) is 0 Å². The van der Waals surface area contributed by atoms with E-state index in [1.54, 1.807) is 31.2 Å². The summed E-state index contributed by atoms with van der Waals surface area (Å²) in [5.74, 6) is 0.496. The van der Waals surface area contributed by atoms with Gasteiger partial charge >= 0.3 is 0 Å². The van der Waals surface area contributed by atoms with E-state index in [4.69, 9.17) is 16.3 Å². The summed E-state index contributed by atoms with van der Waals surface area (Å²) in [6.45, 7) is 1.75. The second-order valence-corrected chi connectivity index (χ2v) is 6.31. The highest BCUT2D eigenvalue weighted by molar-refractivity contribution is 6.30. The first-order chi connectivity index (χ1) is 11.1. The first-order valence-corrected chi connectivity index (χ1v) is 8.31. The fraction of sp³-hybridized carbons (Fsp3) is 0.316. The summed E-state index contributed by atoms with van der Waals surface area (Å²) >= 11 is 5.94. The van der Waals surface area contributed by atoms with Gasteiger partial charge in [-0.05, 0) is 55.5 Å². The molecule has 3 nitrogen and oxygen atoms in total. The van der Waals surface area contributed by atoms with Crippen LogP contribution >= 0.6 is 11.6 Å². The summed E-state index contributed by atoms with van der Waals surface area (Å²) in [5, 5.41) is 3.71. The topological polar surface area (TPSA) is 38.3 Å². The highest BCUT2D eigenvalue weighted by Gasteiger charge is 2.24. The molecule has 3 rings (SSSR count). The second-order valence-electron chi connectivity index (χ2n) is 5.87. The minimum Gasteiger partial charge on any atom is -0.481 e. The molecule has 0 bridgehead atoms. The number of ether oxygens (including phenoxy) is 1. The molecule has 2 aromatic carbocycles. The molecule has 0 saturated heterocycles. The summed E-state index contributed by atoms with van der Waals surface area (Å²) in [6, 6.07) is 15.5. The summed E-state index contributed by atoms with van der Waals surface area (Å²) in [7, 11) is 0. The zero-order valence-electron chi connectivity index (χ0n) is 13.1. The molecule has 0 unspecified atom stereocenters. The van der Waals surface area contributed by atoms with Crippen LogP contribution in [0.5, 0.6) is 5.75 Å². The van der Waals surface area contributed by atoms with Crippen molar-refractivity contribution in [1.82, 2.24) is 5.32 Å². The Bertz CT molecular complexity index is 701. The lowest BCUT2D eigenvalue weighted by Crippen LogP contribution is -2.39. The molecular weight excluding hydrogens is 310 g/mol. The van der Waals surface area contributed by atoms with E-state index in [0.717, 1.165) is 19.3 Å². The minimum atomic E-state index is -0.567. The molecule has 1 N–H and O–H groups in total. The van der Waals surface area contributed by atoms with Gasteiger partial charge in [-0.1, -0.05) is 41.9 Å². The normalized spacial score (nSPS) is 17.9. The van der Waals surface area contributed by atoms with Crippen molar-refractivity contribution in [2.24, 2.45) is 0 Å². The molecule has 0 aromatic heterocycles. The van der Waals surface area contributed by atoms with E-state index in [1.807, 2.05) is 12.1 Å². The smallest absolute Gasteiger partial charge is 0.261 e. The lowest BCUT2D eigenvalue weighted by molar-refractivity contribution is -0.128. The van der Waals surface area contributed by atoms with Crippen molar-refractivity contribution in [2.75, 3.05) is 0 Å². The third-order valence-electron chi connectivity index (χ3n) is 4.16. The van der Waals surface area contributed by atoms with Crippen molar-refractivity contribution < 1.29 is 9.53 Å². The van der Waals surface area contributed by atoms with Gasteiger partial charge < -0.3 is 10.1 Å². The molecule has 0 saturated carbocycles. The largest absolute Gasteiger partial charge is 0.481 e. The van der Waals surface area contributed by atoms with E-state index in [0.29, 0.717) is 10.8 Å². The van der Waals surface area contributed by atoms with Gasteiger partial charge in [0.05, 0.1) is 6.04 Å². The number of carbonyl (C=O) groups is 1. The SMILES string of the molecule is C[C@@H](Oc1cccc(Cl)c1)C(=O)N[C@H]1CCCc2ccccc21. The molecule has 4 heteroatoms. The number of carbonyl (C=O) groups excluding carboxylic acids is 1. The predicted octanol–water partition coefficient (Wildman–Crippen LogP) is 4.30. The standard InChI is InChI=1S/C19H20ClNO2/c1-13(23-16-9-5-8-15(20)12-16)19(22)21-18-11-4-7-14-6-2-3-10-17(14)18/h2-3,5-6,8-10,12-13,18H,4,7,11H2,1H3,(H,21,22)/t13-,18+/m1/s1. The van der Waals surface area contributed by atoms with Crippen molar-refractivity contribution in [3.63, 3.8) is 0 Å². The Morgan fingerprint density at radius 2 is 2.09 bits per heavy atom. The number of rotatable bonds is 4. The Labute approximate surface area is 141 Å². The highest BCUT2D eigenvalue weighted by Crippen LogP contribution is 2.29. The summed E-state index contributed by atoms with van der Waals surface area (Å²) in [4.78, 5) is 12.4. The molecule has 1 aliphatic carbocycles. The average Bonchev–Trinajstić information content (AvgIpc) is 2.55. The fourth-order valence-corrected chi connectivity index (χ4v) is 3.17. The molecule has 0 heterocycles. The molecule has 0 fully saturated rings. The molecular formula is C19H20ClNO2. The number of aryl methyl sites for hydroxylation is 1. The van der Waals surface area contributed by atoms with Crippen molar-refractivity contribution >= 4 is 17.5 Å². The van der Waals surface area contributed by atoms with Crippen LogP contribution in [0, 0.1) is 0 Å². The maximum absolute atomic E-state index is 12.4. The van der Waals surface area contributed by atoms with Crippen LogP contribution in [0.1, 0.15) is 36.9 Å². The van der Waals surface area contributed by atoms with Crippen molar-refractivity contribution in [1.29, 1.82) is 0 Å². The van der Waals surface area contributed by atoms with E-state index in [1.165, 1.54) is 11.1 Å². The number of fused-ring (bicyclic) bond motifs is 1. The lowest BCUT2D eigenvalue weighted by atomic mass is 9.87. The van der Waals surface area contributed by atoms with Gasteiger partial charge in [-0.25, -0.2) is 0 Å². The lowest BCUT2D eigenvalue weighted by Gasteiger charge is -2.27. The van der Waals surface area contributed by atoms with Crippen LogP contribution in [0.3, 0.4) is 0 Å². The maximum Gasteiger partial charge on any atom is 0.261 e. The van der Waals surface area contributed by atoms with Crippen LogP contribution in [0.2, 0.25) is 5.02 Å². The molecule has 0 spiro atoms. The van der Waals surface area contributed by atoms with Crippen LogP contribution in [0.15, 0.2) is 48.5 Å². The molecule has 0 aliphatic heterocycles. The number of amides is 1. The van der Waals surface area contributed by atoms with Crippen LogP contribution in [0.25, 0.3) is 0 Å². The van der Waals surface area contributed by atoms with Gasteiger partial charge in [-0.2, -0.15) is 0 Å². The Kier molecular flexibility index (Phi) is 4.87. The van der Waals surface area contributed by atoms with E-state index >= 15 is 0 Å². The Balaban J connectivity index is 1.65. The first kappa shape index (κ1) is 15.9. The quantitative estimate of drug-likeness (QED) is 0.908. The zero-order chi connectivity index (χ0) is 16.2. The van der Waals surface area contributed by atoms with E-state index in [9.17, 15) is 4.79 Å². The monoisotopic (exact) mass is 329 g/mol. The molecule has 23 heavy (non-hydrogen) atoms. The van der Waals surface area contributed by atoms with Crippen molar-refractivity contribution in [3.05, 3.63) is 64.7 Å². The maximum atomic E-state index is 12.4. The highest BCUT2D eigenvalue weighted by atomic mass is 35.5. The molecule has 2 atom stereocenters. The first-order valence-electron chi connectivity index (χ1n) is 7.94. The summed E-state index contributed by atoms with van der Waals surface area (Å²) in [6.07, 6.45) is 2.57. The Hall–Kier alpha value is -2.00. The number of benzene rings is 2. The van der Waals surface area contributed by atoms with Crippen LogP contribution in [-0.2, 0) is 11.2 Å². The number of halogens is 1. The molecule has 0 radical (unpaired) electrons. The molecule has 1 aliphatic rings. The van der Waals surface area contributed by atoms with Gasteiger partial charge in [0, 0.05) is 5.02 Å². The number of nitrogens with one attached hydrogen (secondary N) is 1. The second kappa shape index (κ2) is 7.05. The third kappa shape index (κ3) is 3.85. The average molecular weight is 330 g/mol. The van der Waals surface area contributed by atoms with Crippen LogP contribution < -0.4 is 10.1 Å². The minimum absolute atomic E-state index is 0.0675. The van der Waals surface area contributed by atoms with Gasteiger partial charge in [0.15, 0.2) is 6.10 Å². The van der Waals surface area contributed by atoms with Gasteiger partial charge in [-0.15, -0.1) is 0 Å². The molecule has 2 aromatic rings. The summed E-state index contributed by atoms with van der Waals surface area (Å²) < 4.78 is 5.69. The third-order valence-corrected chi connectivity index (χ3v) is 4.40. The van der Waals surface area contributed by atoms with Gasteiger partial charge in [-0.3, -0.25) is 4.79 Å². The molecule has 1 amide bonds. The zero-order valence-corrected chi connectivity index (χ0v) is 13.8. The van der Waals surface area contributed by atoms with Gasteiger partial charge in [0.1, 0.15) is 5.75 Å². The fourth-order valence-electron chi connectivity index (χ4n) is 2.99. The number of hydrogen-bond acceptors (Lipinski definition) is 2. The van der Waals surface area contributed by atoms with E-state index in [-0.39, 0.29) is 11.9 Å². The van der Waals surface area contributed by atoms with Gasteiger partial charge in [0.25, 0.3) is 5.91 Å². The van der Waals surface area contributed by atoms with E-state index < -0.39 is 6.10 Å². The number of hydrogen-bond donors (Lipinski definition) is 1. The van der Waals surface area contributed by atoms with Gasteiger partial charge in [0.2, 0.25) is 0 Å². The predicted molar refractivity (Wildman–Crippen MR) is 91.8 cm³/mol. The van der Waals surface area contributed by atoms with Crippen LogP contribution in [-0.4, -0.2) is 12.0 Å².